The van der Waals surface area contributed by atoms with Crippen LogP contribution in [0.3, 0.4) is 0 Å². The smallest absolute Gasteiger partial charge is 0.317 e. The molecule has 0 aliphatic carbocycles. The standard InChI is InChI=1S/C24H31N5O7/c1-13(2)12-35-24-25-10-9-15(28-24)20(31)26-16-6-4-3-5-14-7-8-18(29(14)22(16)33)21(32)27-17-11-19(30)36-23(17)34/h3-4,9-10,13-14,16-18,23,34H,5-8,11-12H2,1-2H3,(H,26,31)(H,27,32). The van der Waals surface area contributed by atoms with E-state index < -0.39 is 42.2 Å². The minimum atomic E-state index is -1.42. The van der Waals surface area contributed by atoms with Crippen LogP contribution in [-0.4, -0.2) is 80.7 Å². The predicted molar refractivity (Wildman–Crippen MR) is 124 cm³/mol. The fourth-order valence-corrected chi connectivity index (χ4v) is 4.55. The largest absolute Gasteiger partial charge is 0.463 e. The van der Waals surface area contributed by atoms with Gasteiger partial charge in [-0.05, 0) is 37.7 Å². The molecule has 3 N–H and O–H groups in total. The fraction of sp³-hybridized carbons (Fsp3) is 0.583. The average Bonchev–Trinajstić information content (AvgIpc) is 3.40. The third-order valence-electron chi connectivity index (χ3n) is 6.33. The number of hydrogen-bond acceptors (Lipinski definition) is 9. The summed E-state index contributed by atoms with van der Waals surface area (Å²) in [5.41, 5.74) is 0.0646. The highest BCUT2D eigenvalue weighted by molar-refractivity contribution is 5.97. The number of nitrogens with one attached hydrogen (secondary N) is 2. The van der Waals surface area contributed by atoms with Crippen LogP contribution in [0.15, 0.2) is 24.4 Å². The fourth-order valence-electron chi connectivity index (χ4n) is 4.55. The van der Waals surface area contributed by atoms with E-state index in [1.54, 1.807) is 0 Å². The van der Waals surface area contributed by atoms with Crippen LogP contribution in [0.2, 0.25) is 0 Å². The third kappa shape index (κ3) is 5.81. The van der Waals surface area contributed by atoms with Crippen LogP contribution in [0.4, 0.5) is 0 Å². The van der Waals surface area contributed by atoms with E-state index in [-0.39, 0.29) is 42.4 Å². The van der Waals surface area contributed by atoms with Crippen LogP contribution in [0.5, 0.6) is 6.01 Å². The molecule has 194 valence electrons. The Kier molecular flexibility index (Phi) is 7.82. The molecule has 12 nitrogen and oxygen atoms in total. The summed E-state index contributed by atoms with van der Waals surface area (Å²) < 4.78 is 10.2. The first kappa shape index (κ1) is 25.5. The summed E-state index contributed by atoms with van der Waals surface area (Å²) in [6, 6.07) is -1.24. The maximum Gasteiger partial charge on any atom is 0.317 e. The number of carbonyl (C=O) groups is 4. The summed E-state index contributed by atoms with van der Waals surface area (Å²) in [6.07, 6.45) is 5.54. The summed E-state index contributed by atoms with van der Waals surface area (Å²) in [7, 11) is 0. The van der Waals surface area contributed by atoms with Crippen LogP contribution in [0.1, 0.15) is 56.4 Å². The van der Waals surface area contributed by atoms with Crippen molar-refractivity contribution in [1.29, 1.82) is 0 Å². The highest BCUT2D eigenvalue weighted by Crippen LogP contribution is 2.30. The number of carbonyl (C=O) groups excluding carboxylic acids is 4. The average molecular weight is 502 g/mol. The molecule has 0 spiro atoms. The second-order valence-electron chi connectivity index (χ2n) is 9.59. The van der Waals surface area contributed by atoms with E-state index in [0.717, 1.165) is 0 Å². The van der Waals surface area contributed by atoms with Gasteiger partial charge in [0.2, 0.25) is 18.1 Å². The topological polar surface area (TPSA) is 160 Å². The van der Waals surface area contributed by atoms with Gasteiger partial charge in [0.25, 0.3) is 5.91 Å². The van der Waals surface area contributed by atoms with Gasteiger partial charge in [-0.15, -0.1) is 0 Å². The predicted octanol–water partition coefficient (Wildman–Crippen LogP) is 0.0695. The first-order valence-corrected chi connectivity index (χ1v) is 12.1. The van der Waals surface area contributed by atoms with E-state index in [9.17, 15) is 24.3 Å². The zero-order chi connectivity index (χ0) is 25.8. The Hall–Kier alpha value is -3.54. The van der Waals surface area contributed by atoms with Crippen molar-refractivity contribution in [2.75, 3.05) is 6.61 Å². The molecule has 0 aromatic carbocycles. The van der Waals surface area contributed by atoms with Crippen LogP contribution in [0.25, 0.3) is 0 Å². The van der Waals surface area contributed by atoms with E-state index in [1.165, 1.54) is 17.2 Å². The Bertz CT molecular complexity index is 1050. The molecule has 3 amide bonds. The zero-order valence-electron chi connectivity index (χ0n) is 20.3. The van der Waals surface area contributed by atoms with Gasteiger partial charge in [-0.2, -0.15) is 4.98 Å². The van der Waals surface area contributed by atoms with Gasteiger partial charge >= 0.3 is 12.0 Å². The molecular weight excluding hydrogens is 470 g/mol. The van der Waals surface area contributed by atoms with E-state index in [0.29, 0.717) is 25.9 Å². The lowest BCUT2D eigenvalue weighted by atomic mass is 10.0. The van der Waals surface area contributed by atoms with E-state index in [4.69, 9.17) is 4.74 Å². The molecule has 1 aromatic heterocycles. The normalized spacial score (nSPS) is 27.8. The SMILES string of the molecule is CC(C)COc1nccc(C(=O)NC2CC=CCC3CCC(C(=O)NC4CC(=O)OC4O)N3C2=O)n1. The third-order valence-corrected chi connectivity index (χ3v) is 6.33. The maximum absolute atomic E-state index is 13.6. The van der Waals surface area contributed by atoms with E-state index in [2.05, 4.69) is 25.3 Å². The molecular formula is C24H31N5O7. The number of cyclic esters (lactones) is 1. The summed E-state index contributed by atoms with van der Waals surface area (Å²) in [4.78, 5) is 60.6. The number of rotatable bonds is 7. The molecule has 3 aliphatic rings. The molecule has 2 saturated heterocycles. The molecule has 1 aromatic rings. The lowest BCUT2D eigenvalue weighted by Gasteiger charge is -2.34. The second-order valence-corrected chi connectivity index (χ2v) is 9.59. The molecule has 4 heterocycles. The van der Waals surface area contributed by atoms with Crippen LogP contribution >= 0.6 is 0 Å². The van der Waals surface area contributed by atoms with Crippen LogP contribution < -0.4 is 15.4 Å². The van der Waals surface area contributed by atoms with Crippen molar-refractivity contribution in [2.45, 2.75) is 76.4 Å². The highest BCUT2D eigenvalue weighted by atomic mass is 16.6. The van der Waals surface area contributed by atoms with Crippen molar-refractivity contribution in [3.05, 3.63) is 30.1 Å². The Balaban J connectivity index is 1.46. The summed E-state index contributed by atoms with van der Waals surface area (Å²) in [5.74, 6) is -1.74. The van der Waals surface area contributed by atoms with Gasteiger partial charge in [-0.3, -0.25) is 19.2 Å². The molecule has 4 rings (SSSR count). The Morgan fingerprint density at radius 3 is 2.72 bits per heavy atom. The number of aliphatic hydroxyl groups excluding tert-OH is 1. The van der Waals surface area contributed by atoms with Crippen molar-refractivity contribution < 1.29 is 33.8 Å². The minimum absolute atomic E-state index is 0.0646. The number of esters is 1. The zero-order valence-corrected chi connectivity index (χ0v) is 20.3. The second kappa shape index (κ2) is 11.0. The summed E-state index contributed by atoms with van der Waals surface area (Å²) in [6.45, 7) is 4.36. The van der Waals surface area contributed by atoms with Crippen molar-refractivity contribution in [2.24, 2.45) is 5.92 Å². The van der Waals surface area contributed by atoms with Gasteiger partial charge in [-0.25, -0.2) is 4.98 Å². The maximum atomic E-state index is 13.6. The molecule has 5 atom stereocenters. The van der Waals surface area contributed by atoms with Gasteiger partial charge in [0, 0.05) is 12.2 Å². The van der Waals surface area contributed by atoms with Gasteiger partial charge in [0.05, 0.1) is 13.0 Å². The van der Waals surface area contributed by atoms with Gasteiger partial charge in [0.15, 0.2) is 0 Å². The number of aromatic nitrogens is 2. The van der Waals surface area contributed by atoms with Crippen LogP contribution in [-0.2, 0) is 19.1 Å². The Morgan fingerprint density at radius 1 is 1.22 bits per heavy atom. The van der Waals surface area contributed by atoms with Gasteiger partial charge in [0.1, 0.15) is 23.8 Å². The number of nitrogens with zero attached hydrogens (tertiary/aromatic N) is 3. The molecule has 12 heteroatoms. The van der Waals surface area contributed by atoms with E-state index in [1.807, 2.05) is 26.0 Å². The number of amides is 3. The van der Waals surface area contributed by atoms with Crippen molar-refractivity contribution in [3.63, 3.8) is 0 Å². The number of ether oxygens (including phenoxy) is 2. The van der Waals surface area contributed by atoms with Crippen molar-refractivity contribution in [1.82, 2.24) is 25.5 Å². The molecule has 0 bridgehead atoms. The van der Waals surface area contributed by atoms with Gasteiger partial charge < -0.3 is 30.1 Å². The number of fused-ring (bicyclic) bond motifs is 1. The lowest BCUT2D eigenvalue weighted by Crippen LogP contribution is -2.57. The molecule has 0 radical (unpaired) electrons. The van der Waals surface area contributed by atoms with E-state index >= 15 is 0 Å². The summed E-state index contributed by atoms with van der Waals surface area (Å²) in [5, 5.41) is 15.2. The minimum Gasteiger partial charge on any atom is -0.463 e. The van der Waals surface area contributed by atoms with Gasteiger partial charge in [-0.1, -0.05) is 26.0 Å². The Labute approximate surface area is 208 Å². The van der Waals surface area contributed by atoms with Crippen LogP contribution in [0, 0.1) is 5.92 Å². The molecule has 0 saturated carbocycles. The first-order valence-electron chi connectivity index (χ1n) is 12.1. The highest BCUT2D eigenvalue weighted by Gasteiger charge is 2.45. The monoisotopic (exact) mass is 501 g/mol. The quantitative estimate of drug-likeness (QED) is 0.347. The number of aliphatic hydroxyl groups is 1. The molecule has 3 aliphatic heterocycles. The van der Waals surface area contributed by atoms with Crippen molar-refractivity contribution >= 4 is 23.7 Å². The summed E-state index contributed by atoms with van der Waals surface area (Å²) >= 11 is 0. The first-order chi connectivity index (χ1) is 17.2. The van der Waals surface area contributed by atoms with Crippen molar-refractivity contribution in [3.8, 4) is 6.01 Å². The lowest BCUT2D eigenvalue weighted by molar-refractivity contribution is -0.155. The molecule has 2 fully saturated rings. The Morgan fingerprint density at radius 2 is 2.00 bits per heavy atom. The number of hydrogen-bond donors (Lipinski definition) is 3. The molecule has 5 unspecified atom stereocenters. The molecule has 36 heavy (non-hydrogen) atoms.